The Bertz CT molecular complexity index is 1430. The van der Waals surface area contributed by atoms with E-state index in [1.54, 1.807) is 43.3 Å². The van der Waals surface area contributed by atoms with Crippen molar-refractivity contribution in [3.63, 3.8) is 0 Å². The van der Waals surface area contributed by atoms with Crippen molar-refractivity contribution < 1.29 is 22.7 Å². The molecule has 0 aliphatic heterocycles. The van der Waals surface area contributed by atoms with Gasteiger partial charge in [0.25, 0.3) is 10.0 Å². The quantitative estimate of drug-likeness (QED) is 0.255. The molecule has 3 rings (SSSR count). The molecule has 1 N–H and O–H groups in total. The monoisotopic (exact) mass is 597 g/mol. The molecular weight excluding hydrogens is 558 g/mol. The maximum absolute atomic E-state index is 14.1. The molecule has 220 valence electrons. The van der Waals surface area contributed by atoms with Crippen LogP contribution in [0, 0.1) is 6.92 Å². The highest BCUT2D eigenvalue weighted by Gasteiger charge is 2.33. The second kappa shape index (κ2) is 14.9. The summed E-state index contributed by atoms with van der Waals surface area (Å²) in [7, 11) is -4.19. The van der Waals surface area contributed by atoms with Crippen LogP contribution in [0.25, 0.3) is 0 Å². The van der Waals surface area contributed by atoms with Gasteiger partial charge < -0.3 is 15.0 Å². The lowest BCUT2D eigenvalue weighted by Gasteiger charge is -2.32. The Morgan fingerprint density at radius 1 is 1.00 bits per heavy atom. The number of benzene rings is 3. The molecule has 0 unspecified atom stereocenters. The molecule has 0 spiro atoms. The van der Waals surface area contributed by atoms with E-state index in [2.05, 4.69) is 5.32 Å². The van der Waals surface area contributed by atoms with Crippen LogP contribution >= 0.6 is 11.8 Å². The molecule has 8 nitrogen and oxygen atoms in total. The topological polar surface area (TPSA) is 96.0 Å². The molecule has 0 fully saturated rings. The predicted octanol–water partition coefficient (Wildman–Crippen LogP) is 5.25. The van der Waals surface area contributed by atoms with Gasteiger partial charge in [-0.25, -0.2) is 8.42 Å². The minimum atomic E-state index is -4.19. The van der Waals surface area contributed by atoms with Gasteiger partial charge in [-0.15, -0.1) is 11.8 Å². The Morgan fingerprint density at radius 2 is 1.71 bits per heavy atom. The van der Waals surface area contributed by atoms with Gasteiger partial charge in [0.05, 0.1) is 17.2 Å². The van der Waals surface area contributed by atoms with Gasteiger partial charge in [0.2, 0.25) is 11.8 Å². The molecule has 1 atom stereocenters. The van der Waals surface area contributed by atoms with E-state index in [1.807, 2.05) is 51.3 Å². The van der Waals surface area contributed by atoms with E-state index in [-0.39, 0.29) is 23.0 Å². The molecule has 0 saturated heterocycles. The van der Waals surface area contributed by atoms with Crippen molar-refractivity contribution in [2.75, 3.05) is 30.3 Å². The van der Waals surface area contributed by atoms with E-state index in [9.17, 15) is 18.0 Å². The molecule has 0 radical (unpaired) electrons. The number of hydrogen-bond acceptors (Lipinski definition) is 6. The summed E-state index contributed by atoms with van der Waals surface area (Å²) in [6, 6.07) is 20.1. The molecule has 0 saturated carbocycles. The Hall–Kier alpha value is -3.50. The van der Waals surface area contributed by atoms with E-state index in [0.717, 1.165) is 26.7 Å². The number of thioether (sulfide) groups is 1. The fourth-order valence-corrected chi connectivity index (χ4v) is 6.15. The Balaban J connectivity index is 2.07. The summed E-state index contributed by atoms with van der Waals surface area (Å²) < 4.78 is 35.1. The second-order valence-electron chi connectivity index (χ2n) is 9.57. The van der Waals surface area contributed by atoms with Gasteiger partial charge in [-0.3, -0.25) is 13.9 Å². The zero-order valence-corrected chi connectivity index (χ0v) is 25.9. The number of anilines is 1. The zero-order chi connectivity index (χ0) is 30.0. The van der Waals surface area contributed by atoms with Gasteiger partial charge in [-0.2, -0.15) is 0 Å². The number of carbonyl (C=O) groups excluding carboxylic acids is 2. The summed E-state index contributed by atoms with van der Waals surface area (Å²) in [4.78, 5) is 29.5. The summed E-state index contributed by atoms with van der Waals surface area (Å²) in [5.74, 6) is -0.475. The van der Waals surface area contributed by atoms with Gasteiger partial charge in [-0.1, -0.05) is 48.9 Å². The number of aryl methyl sites for hydroxylation is 1. The normalized spacial score (nSPS) is 11.9. The minimum absolute atomic E-state index is 0.0494. The number of ether oxygens (including phenoxy) is 1. The lowest BCUT2D eigenvalue weighted by molar-refractivity contribution is -0.139. The standard InChI is InChI=1S/C31H39N3O5S2/c1-6-19-32-31(36)24(4)33(21-25-12-10-11-23(3)20-25)30(35)22-34(28-13-8-9-14-29(28)39-7-2)41(37,38)27-17-15-26(40-5)16-18-27/h8-18,20,24H,6-7,19,21-22H2,1-5H3,(H,32,36)/t24-/m1/s1. The fraction of sp³-hybridized carbons (Fsp3) is 0.355. The van der Waals surface area contributed by atoms with E-state index < -0.39 is 28.5 Å². The highest BCUT2D eigenvalue weighted by atomic mass is 32.2. The number of nitrogens with one attached hydrogen (secondary N) is 1. The summed E-state index contributed by atoms with van der Waals surface area (Å²) in [5, 5.41) is 2.86. The molecule has 0 aliphatic rings. The van der Waals surface area contributed by atoms with Gasteiger partial charge in [0.1, 0.15) is 18.3 Å². The number of sulfonamides is 1. The predicted molar refractivity (Wildman–Crippen MR) is 165 cm³/mol. The SMILES string of the molecule is CCCNC(=O)[C@@H](C)N(Cc1cccc(C)c1)C(=O)CN(c1ccccc1OCC)S(=O)(=O)c1ccc(SC)cc1. The van der Waals surface area contributed by atoms with E-state index in [4.69, 9.17) is 4.74 Å². The first kappa shape index (κ1) is 32.0. The molecule has 2 amide bonds. The van der Waals surface area contributed by atoms with Crippen molar-refractivity contribution in [2.45, 2.75) is 56.5 Å². The van der Waals surface area contributed by atoms with Crippen LogP contribution in [0.15, 0.2) is 82.6 Å². The summed E-state index contributed by atoms with van der Waals surface area (Å²) in [6.45, 7) is 7.78. The van der Waals surface area contributed by atoms with Crippen LogP contribution in [-0.4, -0.2) is 57.1 Å². The number of nitrogens with zero attached hydrogens (tertiary/aromatic N) is 2. The van der Waals surface area contributed by atoms with Crippen molar-refractivity contribution in [3.05, 3.63) is 83.9 Å². The largest absolute Gasteiger partial charge is 0.492 e. The third-order valence-corrected chi connectivity index (χ3v) is 9.03. The van der Waals surface area contributed by atoms with Crippen molar-refractivity contribution in [2.24, 2.45) is 0 Å². The number of carbonyl (C=O) groups is 2. The van der Waals surface area contributed by atoms with Crippen molar-refractivity contribution >= 4 is 39.3 Å². The van der Waals surface area contributed by atoms with E-state index in [0.29, 0.717) is 18.9 Å². The molecule has 0 bridgehead atoms. The van der Waals surface area contributed by atoms with Gasteiger partial charge >= 0.3 is 0 Å². The van der Waals surface area contributed by atoms with Crippen molar-refractivity contribution in [3.8, 4) is 5.75 Å². The third kappa shape index (κ3) is 8.27. The van der Waals surface area contributed by atoms with Crippen LogP contribution in [0.3, 0.4) is 0 Å². The fourth-order valence-electron chi connectivity index (χ4n) is 4.31. The summed E-state index contributed by atoms with van der Waals surface area (Å²) in [6.07, 6.45) is 2.66. The average Bonchev–Trinajstić information content (AvgIpc) is 2.97. The highest BCUT2D eigenvalue weighted by Crippen LogP contribution is 2.33. The molecule has 41 heavy (non-hydrogen) atoms. The third-order valence-electron chi connectivity index (χ3n) is 6.51. The zero-order valence-electron chi connectivity index (χ0n) is 24.3. The van der Waals surface area contributed by atoms with Gasteiger partial charge in [0.15, 0.2) is 0 Å². The Labute approximate surface area is 248 Å². The van der Waals surface area contributed by atoms with Crippen molar-refractivity contribution in [1.29, 1.82) is 0 Å². The maximum Gasteiger partial charge on any atom is 0.264 e. The molecule has 3 aromatic carbocycles. The lowest BCUT2D eigenvalue weighted by Crippen LogP contribution is -2.51. The average molecular weight is 598 g/mol. The first-order chi connectivity index (χ1) is 19.6. The van der Waals surface area contributed by atoms with Crippen LogP contribution in [0.2, 0.25) is 0 Å². The lowest BCUT2D eigenvalue weighted by atomic mass is 10.1. The van der Waals surface area contributed by atoms with Crippen LogP contribution in [0.4, 0.5) is 5.69 Å². The Kier molecular flexibility index (Phi) is 11.7. The Morgan fingerprint density at radius 3 is 2.34 bits per heavy atom. The van der Waals surface area contributed by atoms with Crippen LogP contribution in [0.1, 0.15) is 38.3 Å². The number of rotatable bonds is 14. The second-order valence-corrected chi connectivity index (χ2v) is 12.3. The molecular formula is C31H39N3O5S2. The molecule has 0 aliphatic carbocycles. The summed E-state index contributed by atoms with van der Waals surface area (Å²) >= 11 is 1.50. The van der Waals surface area contributed by atoms with E-state index in [1.165, 1.54) is 28.8 Å². The molecule has 0 aromatic heterocycles. The van der Waals surface area contributed by atoms with E-state index >= 15 is 0 Å². The minimum Gasteiger partial charge on any atom is -0.492 e. The van der Waals surface area contributed by atoms with Crippen LogP contribution < -0.4 is 14.4 Å². The first-order valence-corrected chi connectivity index (χ1v) is 16.3. The number of hydrogen-bond donors (Lipinski definition) is 1. The summed E-state index contributed by atoms with van der Waals surface area (Å²) in [5.41, 5.74) is 2.10. The smallest absolute Gasteiger partial charge is 0.264 e. The van der Waals surface area contributed by atoms with Crippen molar-refractivity contribution in [1.82, 2.24) is 10.2 Å². The molecule has 3 aromatic rings. The van der Waals surface area contributed by atoms with Gasteiger partial charge in [-0.05, 0) is 75.4 Å². The molecule has 10 heteroatoms. The highest BCUT2D eigenvalue weighted by molar-refractivity contribution is 7.98. The first-order valence-electron chi connectivity index (χ1n) is 13.6. The maximum atomic E-state index is 14.1. The number of amides is 2. The number of para-hydroxylation sites is 2. The molecule has 0 heterocycles. The van der Waals surface area contributed by atoms with Crippen LogP contribution in [0.5, 0.6) is 5.75 Å². The van der Waals surface area contributed by atoms with Crippen LogP contribution in [-0.2, 0) is 26.2 Å². The van der Waals surface area contributed by atoms with Gasteiger partial charge in [0, 0.05) is 18.0 Å².